The van der Waals surface area contributed by atoms with E-state index in [2.05, 4.69) is 0 Å². The summed E-state index contributed by atoms with van der Waals surface area (Å²) in [6, 6.07) is 5.13. The van der Waals surface area contributed by atoms with Crippen LogP contribution in [0, 0.1) is 6.92 Å². The molecule has 0 aliphatic carbocycles. The second kappa shape index (κ2) is 3.57. The molecule has 0 aromatic heterocycles. The van der Waals surface area contributed by atoms with Crippen LogP contribution in [0.25, 0.3) is 0 Å². The third kappa shape index (κ3) is 2.47. The maximum absolute atomic E-state index is 10.8. The van der Waals surface area contributed by atoms with Crippen molar-refractivity contribution in [2.75, 3.05) is 0 Å². The van der Waals surface area contributed by atoms with Gasteiger partial charge in [0.15, 0.2) is 0 Å². The molecule has 1 aromatic carbocycles. The number of aryl methyl sites for hydroxylation is 1. The highest BCUT2D eigenvalue weighted by molar-refractivity contribution is 8.08. The summed E-state index contributed by atoms with van der Waals surface area (Å²) < 4.78 is 10.8. The fraction of sp³-hybridized carbons (Fsp3) is 0.143. The number of hydrogen-bond donors (Lipinski definition) is 0. The second-order valence-electron chi connectivity index (χ2n) is 2.19. The predicted molar refractivity (Wildman–Crippen MR) is 48.5 cm³/mol. The summed E-state index contributed by atoms with van der Waals surface area (Å²) in [5.41, 5.74) is 0.960. The van der Waals surface area contributed by atoms with Gasteiger partial charge in [0.2, 0.25) is 0 Å². The molecule has 0 aliphatic rings. The summed E-state index contributed by atoms with van der Waals surface area (Å²) in [6.45, 7) is 1.87. The average Bonchev–Trinajstić information content (AvgIpc) is 1.85. The smallest absolute Gasteiger partial charge is 0.147 e. The van der Waals surface area contributed by atoms with Crippen LogP contribution in [-0.4, -0.2) is 4.21 Å². The Morgan fingerprint density at radius 2 is 2.00 bits per heavy atom. The molecule has 60 valence electrons. The minimum absolute atomic E-state index is 0.552. The highest BCUT2D eigenvalue weighted by atomic mass is 35.7. The van der Waals surface area contributed by atoms with Gasteiger partial charge in [0.25, 0.3) is 0 Å². The Labute approximate surface area is 77.3 Å². The van der Waals surface area contributed by atoms with Crippen molar-refractivity contribution in [1.82, 2.24) is 0 Å². The molecule has 11 heavy (non-hydrogen) atoms. The maximum atomic E-state index is 10.8. The van der Waals surface area contributed by atoms with Gasteiger partial charge in [-0.25, -0.2) is 4.21 Å². The van der Waals surface area contributed by atoms with E-state index < -0.39 is 10.0 Å². The van der Waals surface area contributed by atoms with E-state index in [1.165, 1.54) is 0 Å². The Kier molecular flexibility index (Phi) is 2.93. The van der Waals surface area contributed by atoms with Crippen molar-refractivity contribution in [3.63, 3.8) is 0 Å². The van der Waals surface area contributed by atoms with Crippen LogP contribution in [0.3, 0.4) is 0 Å². The van der Waals surface area contributed by atoms with Gasteiger partial charge < -0.3 is 0 Å². The summed E-state index contributed by atoms with van der Waals surface area (Å²) in [6.07, 6.45) is 0. The van der Waals surface area contributed by atoms with E-state index in [1.54, 1.807) is 18.2 Å². The topological polar surface area (TPSA) is 17.1 Å². The first kappa shape index (κ1) is 9.04. The molecule has 0 radical (unpaired) electrons. The maximum Gasteiger partial charge on any atom is 0.147 e. The molecule has 0 aliphatic heterocycles. The first-order valence-electron chi connectivity index (χ1n) is 2.95. The Bertz CT molecular complexity index is 278. The summed E-state index contributed by atoms with van der Waals surface area (Å²) in [7, 11) is 3.90. The molecule has 0 bridgehead atoms. The lowest BCUT2D eigenvalue weighted by molar-refractivity contribution is 0.691. The quantitative estimate of drug-likeness (QED) is 0.650. The molecule has 1 aromatic rings. The zero-order valence-electron chi connectivity index (χ0n) is 5.80. The number of benzene rings is 1. The van der Waals surface area contributed by atoms with Crippen LogP contribution >= 0.6 is 22.3 Å². The molecular weight excluding hydrogens is 203 g/mol. The monoisotopic (exact) mass is 208 g/mol. The van der Waals surface area contributed by atoms with Gasteiger partial charge in [-0.3, -0.25) is 0 Å². The molecule has 4 heteroatoms. The van der Waals surface area contributed by atoms with Crippen molar-refractivity contribution in [2.24, 2.45) is 0 Å². The zero-order valence-corrected chi connectivity index (χ0v) is 8.13. The average molecular weight is 209 g/mol. The van der Waals surface area contributed by atoms with Gasteiger partial charge in [-0.2, -0.15) is 0 Å². The van der Waals surface area contributed by atoms with E-state index in [0.29, 0.717) is 9.92 Å². The fourth-order valence-corrected chi connectivity index (χ4v) is 1.92. The number of rotatable bonds is 1. The molecule has 0 amide bonds. The molecule has 0 saturated carbocycles. The standard InChI is InChI=1S/C7H6Cl2OS/c1-5-2-6(8)4-7(3-5)11(9)10/h2-4H,1H3. The van der Waals surface area contributed by atoms with Crippen LogP contribution in [0.4, 0.5) is 0 Å². The van der Waals surface area contributed by atoms with E-state index in [0.717, 1.165) is 5.56 Å². The third-order valence-electron chi connectivity index (χ3n) is 1.20. The van der Waals surface area contributed by atoms with Crippen molar-refractivity contribution in [2.45, 2.75) is 11.8 Å². The summed E-state index contributed by atoms with van der Waals surface area (Å²) in [4.78, 5) is 0.552. The largest absolute Gasteiger partial charge is 0.237 e. The van der Waals surface area contributed by atoms with E-state index in [9.17, 15) is 4.21 Å². The van der Waals surface area contributed by atoms with E-state index in [-0.39, 0.29) is 0 Å². The van der Waals surface area contributed by atoms with Gasteiger partial charge in [0, 0.05) is 5.02 Å². The second-order valence-corrected chi connectivity index (χ2v) is 4.38. The molecule has 0 saturated heterocycles. The highest BCUT2D eigenvalue weighted by Crippen LogP contribution is 2.18. The van der Waals surface area contributed by atoms with E-state index in [1.807, 2.05) is 6.92 Å². The first-order valence-corrected chi connectivity index (χ1v) is 5.30. The molecule has 1 atom stereocenters. The van der Waals surface area contributed by atoms with Crippen molar-refractivity contribution < 1.29 is 4.21 Å². The minimum atomic E-state index is -1.46. The molecule has 1 rings (SSSR count). The Hall–Kier alpha value is -0.0500. The van der Waals surface area contributed by atoms with Gasteiger partial charge in [-0.05, 0) is 41.4 Å². The van der Waals surface area contributed by atoms with E-state index >= 15 is 0 Å². The summed E-state index contributed by atoms with van der Waals surface area (Å²) >= 11 is 5.70. The van der Waals surface area contributed by atoms with Crippen molar-refractivity contribution in [3.05, 3.63) is 28.8 Å². The summed E-state index contributed by atoms with van der Waals surface area (Å²) in [5, 5.41) is 0.564. The lowest BCUT2D eigenvalue weighted by Gasteiger charge is -1.97. The van der Waals surface area contributed by atoms with Crippen LogP contribution in [0.15, 0.2) is 23.1 Å². The third-order valence-corrected chi connectivity index (χ3v) is 2.56. The molecule has 1 nitrogen and oxygen atoms in total. The molecule has 0 spiro atoms. The number of halogens is 2. The normalized spacial score (nSPS) is 13.0. The molecular formula is C7H6Cl2OS. The van der Waals surface area contributed by atoms with Crippen LogP contribution in [0.2, 0.25) is 5.02 Å². The fourth-order valence-electron chi connectivity index (χ4n) is 0.795. The van der Waals surface area contributed by atoms with Gasteiger partial charge in [-0.1, -0.05) is 11.6 Å². The van der Waals surface area contributed by atoms with Crippen molar-refractivity contribution in [1.29, 1.82) is 0 Å². The lowest BCUT2D eigenvalue weighted by Crippen LogP contribution is -1.82. The van der Waals surface area contributed by atoms with Gasteiger partial charge in [0.1, 0.15) is 10.0 Å². The molecule has 0 N–H and O–H groups in total. The predicted octanol–water partition coefficient (Wildman–Crippen LogP) is 2.91. The SMILES string of the molecule is Cc1cc(Cl)cc(S(=O)Cl)c1. The Morgan fingerprint density at radius 3 is 2.45 bits per heavy atom. The Balaban J connectivity index is 3.19. The zero-order chi connectivity index (χ0) is 8.43. The minimum Gasteiger partial charge on any atom is -0.237 e. The van der Waals surface area contributed by atoms with Crippen LogP contribution < -0.4 is 0 Å². The number of hydrogen-bond acceptors (Lipinski definition) is 1. The molecule has 0 fully saturated rings. The van der Waals surface area contributed by atoms with Crippen LogP contribution in [0.5, 0.6) is 0 Å². The summed E-state index contributed by atoms with van der Waals surface area (Å²) in [5.74, 6) is 0. The van der Waals surface area contributed by atoms with Gasteiger partial charge in [-0.15, -0.1) is 0 Å². The van der Waals surface area contributed by atoms with E-state index in [4.69, 9.17) is 22.3 Å². The highest BCUT2D eigenvalue weighted by Gasteiger charge is 2.01. The van der Waals surface area contributed by atoms with Gasteiger partial charge in [0.05, 0.1) is 4.90 Å². The first-order chi connectivity index (χ1) is 5.09. The molecule has 1 unspecified atom stereocenters. The Morgan fingerprint density at radius 1 is 1.36 bits per heavy atom. The lowest BCUT2D eigenvalue weighted by atomic mass is 10.2. The van der Waals surface area contributed by atoms with Crippen molar-refractivity contribution in [3.8, 4) is 0 Å². The van der Waals surface area contributed by atoms with Crippen LogP contribution in [0.1, 0.15) is 5.56 Å². The molecule has 0 heterocycles. The van der Waals surface area contributed by atoms with Gasteiger partial charge >= 0.3 is 0 Å². The van der Waals surface area contributed by atoms with Crippen molar-refractivity contribution >= 4 is 32.3 Å². The van der Waals surface area contributed by atoms with Crippen LogP contribution in [-0.2, 0) is 10.0 Å².